The van der Waals surface area contributed by atoms with Crippen molar-refractivity contribution in [2.24, 2.45) is 11.8 Å². The summed E-state index contributed by atoms with van der Waals surface area (Å²) in [4.78, 5) is 33.1. The van der Waals surface area contributed by atoms with Crippen LogP contribution in [0.1, 0.15) is 33.1 Å². The number of hydrogen-bond donors (Lipinski definition) is 1. The molecule has 0 radical (unpaired) electrons. The van der Waals surface area contributed by atoms with Crippen molar-refractivity contribution in [3.63, 3.8) is 0 Å². The topological polar surface area (TPSA) is 65.5 Å². The molecular formula is C17H26N4O2S. The van der Waals surface area contributed by atoms with Crippen molar-refractivity contribution in [3.8, 4) is 0 Å². The van der Waals surface area contributed by atoms with Crippen LogP contribution in [0.3, 0.4) is 0 Å². The molecule has 1 saturated heterocycles. The first-order valence-corrected chi connectivity index (χ1v) is 9.62. The predicted octanol–water partition coefficient (Wildman–Crippen LogP) is 2.05. The lowest BCUT2D eigenvalue weighted by atomic mass is 10.0. The molecule has 1 atom stereocenters. The Kier molecular flexibility index (Phi) is 5.50. The Bertz CT molecular complexity index is 571. The molecule has 1 aliphatic carbocycles. The molecule has 24 heavy (non-hydrogen) atoms. The fourth-order valence-electron chi connectivity index (χ4n) is 3.21. The monoisotopic (exact) mass is 350 g/mol. The van der Waals surface area contributed by atoms with E-state index in [1.807, 2.05) is 5.38 Å². The summed E-state index contributed by atoms with van der Waals surface area (Å²) in [7, 11) is 0. The summed E-state index contributed by atoms with van der Waals surface area (Å²) in [5.41, 5.74) is 0. The van der Waals surface area contributed by atoms with E-state index < -0.39 is 0 Å². The van der Waals surface area contributed by atoms with Crippen LogP contribution in [0.2, 0.25) is 0 Å². The largest absolute Gasteiger partial charge is 0.338 e. The van der Waals surface area contributed by atoms with E-state index in [-0.39, 0.29) is 17.9 Å². The molecule has 2 amide bonds. The minimum atomic E-state index is -0.0597. The van der Waals surface area contributed by atoms with Gasteiger partial charge in [-0.3, -0.25) is 14.5 Å². The number of carbonyl (C=O) groups is 2. The van der Waals surface area contributed by atoms with Crippen LogP contribution in [0, 0.1) is 11.8 Å². The molecule has 1 saturated carbocycles. The highest BCUT2D eigenvalue weighted by Gasteiger charge is 2.35. The van der Waals surface area contributed by atoms with Crippen LogP contribution < -0.4 is 5.32 Å². The highest BCUT2D eigenvalue weighted by molar-refractivity contribution is 7.13. The Morgan fingerprint density at radius 3 is 2.88 bits per heavy atom. The first-order chi connectivity index (χ1) is 11.5. The second-order valence-electron chi connectivity index (χ2n) is 7.17. The Labute approximate surface area is 147 Å². The smallest absolute Gasteiger partial charge is 0.240 e. The Hall–Kier alpha value is -1.47. The normalized spacial score (nSPS) is 22.7. The zero-order valence-electron chi connectivity index (χ0n) is 14.4. The minimum absolute atomic E-state index is 0.0597. The van der Waals surface area contributed by atoms with E-state index >= 15 is 0 Å². The van der Waals surface area contributed by atoms with Gasteiger partial charge in [-0.05, 0) is 24.7 Å². The number of nitrogens with zero attached hydrogens (tertiary/aromatic N) is 3. The van der Waals surface area contributed by atoms with Crippen molar-refractivity contribution in [1.82, 2.24) is 14.8 Å². The van der Waals surface area contributed by atoms with Crippen LogP contribution in [-0.2, 0) is 9.59 Å². The van der Waals surface area contributed by atoms with Crippen molar-refractivity contribution >= 4 is 28.3 Å². The number of amides is 2. The molecule has 1 N–H and O–H groups in total. The number of nitrogens with one attached hydrogen (secondary N) is 1. The van der Waals surface area contributed by atoms with Gasteiger partial charge in [-0.25, -0.2) is 4.98 Å². The van der Waals surface area contributed by atoms with Crippen LogP contribution in [0.15, 0.2) is 11.6 Å². The van der Waals surface area contributed by atoms with E-state index in [4.69, 9.17) is 0 Å². The molecule has 0 bridgehead atoms. The molecule has 2 aliphatic rings. The number of thiazole rings is 1. The van der Waals surface area contributed by atoms with E-state index in [2.05, 4.69) is 33.9 Å². The Balaban J connectivity index is 1.62. The van der Waals surface area contributed by atoms with Gasteiger partial charge in [0.25, 0.3) is 0 Å². The number of anilines is 1. The van der Waals surface area contributed by atoms with Crippen molar-refractivity contribution in [1.29, 1.82) is 0 Å². The highest BCUT2D eigenvalue weighted by Crippen LogP contribution is 2.32. The van der Waals surface area contributed by atoms with E-state index in [0.29, 0.717) is 36.5 Å². The molecule has 3 rings (SSSR count). The predicted molar refractivity (Wildman–Crippen MR) is 94.9 cm³/mol. The molecule has 2 fully saturated rings. The third-order valence-electron chi connectivity index (χ3n) is 4.78. The number of hydrogen-bond acceptors (Lipinski definition) is 5. The molecular weight excluding hydrogens is 324 g/mol. The molecule has 1 aliphatic heterocycles. The number of carbonyl (C=O) groups excluding carboxylic acids is 2. The van der Waals surface area contributed by atoms with Gasteiger partial charge >= 0.3 is 0 Å². The van der Waals surface area contributed by atoms with Crippen LogP contribution in [0.4, 0.5) is 5.13 Å². The number of rotatable bonds is 6. The van der Waals surface area contributed by atoms with E-state index in [9.17, 15) is 9.59 Å². The third kappa shape index (κ3) is 4.54. The van der Waals surface area contributed by atoms with Crippen molar-refractivity contribution < 1.29 is 9.59 Å². The summed E-state index contributed by atoms with van der Waals surface area (Å²) in [6, 6.07) is 0.188. The van der Waals surface area contributed by atoms with Crippen LogP contribution in [-0.4, -0.2) is 58.8 Å². The van der Waals surface area contributed by atoms with Gasteiger partial charge in [-0.15, -0.1) is 11.3 Å². The molecule has 0 spiro atoms. The lowest BCUT2D eigenvalue weighted by Gasteiger charge is -2.34. The molecule has 1 aromatic rings. The van der Waals surface area contributed by atoms with E-state index in [1.165, 1.54) is 24.2 Å². The maximum atomic E-state index is 12.6. The maximum absolute atomic E-state index is 12.6. The minimum Gasteiger partial charge on any atom is -0.338 e. The van der Waals surface area contributed by atoms with Gasteiger partial charge in [0.1, 0.15) is 0 Å². The summed E-state index contributed by atoms with van der Waals surface area (Å²) in [6.07, 6.45) is 4.67. The lowest BCUT2D eigenvalue weighted by molar-refractivity contribution is -0.133. The second kappa shape index (κ2) is 7.61. The van der Waals surface area contributed by atoms with Crippen LogP contribution >= 0.6 is 11.3 Å². The highest BCUT2D eigenvalue weighted by atomic mass is 32.1. The van der Waals surface area contributed by atoms with Gasteiger partial charge in [0.05, 0.1) is 6.54 Å². The number of aromatic nitrogens is 1. The standard InChI is InChI=1S/C17H26N4O2S/c1-12(2)14-10-20(11-15(22)19-17-18-6-8-24-17)7-5-16(23)21(14)9-13-3-4-13/h6,8,12-14H,3-5,7,9-11H2,1-2H3,(H,18,19,22)/t14-/m0/s1. The molecule has 2 heterocycles. The van der Waals surface area contributed by atoms with Crippen molar-refractivity contribution in [2.45, 2.75) is 39.2 Å². The van der Waals surface area contributed by atoms with Gasteiger partial charge in [0.2, 0.25) is 11.8 Å². The maximum Gasteiger partial charge on any atom is 0.240 e. The zero-order chi connectivity index (χ0) is 17.1. The summed E-state index contributed by atoms with van der Waals surface area (Å²) in [6.45, 7) is 6.94. The molecule has 1 aromatic heterocycles. The van der Waals surface area contributed by atoms with E-state index in [0.717, 1.165) is 13.1 Å². The Morgan fingerprint density at radius 2 is 2.25 bits per heavy atom. The molecule has 6 nitrogen and oxygen atoms in total. The first kappa shape index (κ1) is 17.4. The zero-order valence-corrected chi connectivity index (χ0v) is 15.2. The molecule has 132 valence electrons. The van der Waals surface area contributed by atoms with E-state index in [1.54, 1.807) is 6.20 Å². The molecule has 0 aromatic carbocycles. The first-order valence-electron chi connectivity index (χ1n) is 8.74. The van der Waals surface area contributed by atoms with Crippen LogP contribution in [0.25, 0.3) is 0 Å². The SMILES string of the molecule is CC(C)[C@@H]1CN(CC(=O)Nc2nccs2)CCC(=O)N1CC1CC1. The fourth-order valence-corrected chi connectivity index (χ4v) is 3.76. The third-order valence-corrected chi connectivity index (χ3v) is 5.46. The fraction of sp³-hybridized carbons (Fsp3) is 0.706. The summed E-state index contributed by atoms with van der Waals surface area (Å²) < 4.78 is 0. The average Bonchev–Trinajstić information content (AvgIpc) is 3.24. The van der Waals surface area contributed by atoms with Crippen molar-refractivity contribution in [2.75, 3.05) is 31.5 Å². The van der Waals surface area contributed by atoms with Gasteiger partial charge in [0.15, 0.2) is 5.13 Å². The summed E-state index contributed by atoms with van der Waals surface area (Å²) in [5, 5.41) is 5.29. The molecule has 7 heteroatoms. The summed E-state index contributed by atoms with van der Waals surface area (Å²) >= 11 is 1.41. The Morgan fingerprint density at radius 1 is 1.46 bits per heavy atom. The quantitative estimate of drug-likeness (QED) is 0.853. The van der Waals surface area contributed by atoms with Gasteiger partial charge in [-0.2, -0.15) is 0 Å². The average molecular weight is 350 g/mol. The van der Waals surface area contributed by atoms with Gasteiger partial charge in [-0.1, -0.05) is 13.8 Å². The molecule has 0 unspecified atom stereocenters. The van der Waals surface area contributed by atoms with Gasteiger partial charge in [0, 0.05) is 43.7 Å². The van der Waals surface area contributed by atoms with Crippen LogP contribution in [0.5, 0.6) is 0 Å². The second-order valence-corrected chi connectivity index (χ2v) is 8.07. The van der Waals surface area contributed by atoms with Gasteiger partial charge < -0.3 is 10.2 Å². The summed E-state index contributed by atoms with van der Waals surface area (Å²) in [5.74, 6) is 1.25. The lowest BCUT2D eigenvalue weighted by Crippen LogP contribution is -2.48. The van der Waals surface area contributed by atoms with Crippen molar-refractivity contribution in [3.05, 3.63) is 11.6 Å².